The predicted octanol–water partition coefficient (Wildman–Crippen LogP) is 6.26. The van der Waals surface area contributed by atoms with Gasteiger partial charge in [0, 0.05) is 34.4 Å². The molecule has 2 aromatic rings. The summed E-state index contributed by atoms with van der Waals surface area (Å²) in [6.45, 7) is 6.05. The molecule has 32 heavy (non-hydrogen) atoms. The van der Waals surface area contributed by atoms with Gasteiger partial charge in [0.15, 0.2) is 11.5 Å². The SMILES string of the molecule is CCCCCOc1cc(N2CC[C@H](C)N(Cc3ccc(Br)cc3OC)C2=O)ccc1OC. The molecule has 1 fully saturated rings. The molecule has 7 heteroatoms. The van der Waals surface area contributed by atoms with Crippen molar-refractivity contribution in [3.05, 3.63) is 46.4 Å². The van der Waals surface area contributed by atoms with Crippen LogP contribution >= 0.6 is 15.9 Å². The van der Waals surface area contributed by atoms with Crippen molar-refractivity contribution in [1.29, 1.82) is 0 Å². The van der Waals surface area contributed by atoms with Gasteiger partial charge in [-0.25, -0.2) is 4.79 Å². The Hall–Kier alpha value is -2.41. The van der Waals surface area contributed by atoms with Crippen molar-refractivity contribution >= 4 is 27.6 Å². The lowest BCUT2D eigenvalue weighted by atomic mass is 10.1. The van der Waals surface area contributed by atoms with Gasteiger partial charge in [-0.05, 0) is 44.0 Å². The molecule has 1 aliphatic heterocycles. The van der Waals surface area contributed by atoms with Gasteiger partial charge in [0.1, 0.15) is 5.75 Å². The molecule has 174 valence electrons. The van der Waals surface area contributed by atoms with E-state index >= 15 is 0 Å². The predicted molar refractivity (Wildman–Crippen MR) is 131 cm³/mol. The highest BCUT2D eigenvalue weighted by Gasteiger charge is 2.32. The van der Waals surface area contributed by atoms with Gasteiger partial charge in [0.25, 0.3) is 0 Å². The number of halogens is 1. The first kappa shape index (κ1) is 24.2. The Labute approximate surface area is 199 Å². The maximum atomic E-state index is 13.5. The Balaban J connectivity index is 1.80. The molecule has 0 N–H and O–H groups in total. The third-order valence-corrected chi connectivity index (χ3v) is 6.33. The van der Waals surface area contributed by atoms with Crippen LogP contribution in [0, 0.1) is 0 Å². The van der Waals surface area contributed by atoms with E-state index in [0.717, 1.165) is 47.2 Å². The molecular weight excluding hydrogens is 472 g/mol. The van der Waals surface area contributed by atoms with Gasteiger partial charge in [-0.1, -0.05) is 41.8 Å². The molecule has 6 nitrogen and oxygen atoms in total. The van der Waals surface area contributed by atoms with Gasteiger partial charge in [-0.2, -0.15) is 0 Å². The Morgan fingerprint density at radius 2 is 1.81 bits per heavy atom. The number of ether oxygens (including phenoxy) is 3. The van der Waals surface area contributed by atoms with Crippen molar-refractivity contribution in [2.45, 2.75) is 52.1 Å². The fraction of sp³-hybridized carbons (Fsp3) is 0.480. The molecule has 1 saturated heterocycles. The van der Waals surface area contributed by atoms with E-state index in [9.17, 15) is 4.79 Å². The van der Waals surface area contributed by atoms with E-state index in [1.807, 2.05) is 46.2 Å². The minimum Gasteiger partial charge on any atom is -0.496 e. The Morgan fingerprint density at radius 3 is 2.53 bits per heavy atom. The van der Waals surface area contributed by atoms with Crippen LogP contribution in [0.2, 0.25) is 0 Å². The largest absolute Gasteiger partial charge is 0.496 e. The van der Waals surface area contributed by atoms with Crippen LogP contribution in [-0.2, 0) is 6.54 Å². The number of methoxy groups -OCH3 is 2. The highest BCUT2D eigenvalue weighted by Crippen LogP contribution is 2.35. The molecule has 2 aromatic carbocycles. The standard InChI is InChI=1S/C25H33BrN2O4/c1-5-6-7-14-32-24-16-21(10-11-22(24)30-3)27-13-12-18(2)28(25(27)29)17-19-8-9-20(26)15-23(19)31-4/h8-11,15-16,18H,5-7,12-14,17H2,1-4H3/t18-/m0/s1. The maximum absolute atomic E-state index is 13.5. The minimum absolute atomic E-state index is 0.0178. The zero-order valence-corrected chi connectivity index (χ0v) is 21.0. The first-order valence-corrected chi connectivity index (χ1v) is 12.0. The number of carbonyl (C=O) groups excluding carboxylic acids is 1. The van der Waals surface area contributed by atoms with Crippen molar-refractivity contribution in [2.24, 2.45) is 0 Å². The molecule has 3 rings (SSSR count). The van der Waals surface area contributed by atoms with E-state index < -0.39 is 0 Å². The number of urea groups is 1. The van der Waals surface area contributed by atoms with E-state index in [1.54, 1.807) is 14.2 Å². The van der Waals surface area contributed by atoms with Crippen molar-refractivity contribution < 1.29 is 19.0 Å². The zero-order valence-electron chi connectivity index (χ0n) is 19.4. The average Bonchev–Trinajstić information content (AvgIpc) is 2.80. The molecule has 1 atom stereocenters. The van der Waals surface area contributed by atoms with E-state index in [0.29, 0.717) is 31.2 Å². The summed E-state index contributed by atoms with van der Waals surface area (Å²) < 4.78 is 17.9. The number of hydrogen-bond acceptors (Lipinski definition) is 4. The monoisotopic (exact) mass is 504 g/mol. The summed E-state index contributed by atoms with van der Waals surface area (Å²) in [7, 11) is 3.29. The maximum Gasteiger partial charge on any atom is 0.325 e. The normalized spacial score (nSPS) is 16.3. The third kappa shape index (κ3) is 5.68. The summed E-state index contributed by atoms with van der Waals surface area (Å²) in [5, 5.41) is 0. The molecule has 0 aliphatic carbocycles. The van der Waals surface area contributed by atoms with Gasteiger partial charge in [-0.15, -0.1) is 0 Å². The van der Waals surface area contributed by atoms with Crippen molar-refractivity contribution in [1.82, 2.24) is 4.90 Å². The second-order valence-corrected chi connectivity index (χ2v) is 8.96. The molecule has 1 heterocycles. The van der Waals surface area contributed by atoms with E-state index in [-0.39, 0.29) is 12.1 Å². The fourth-order valence-corrected chi connectivity index (χ4v) is 4.23. The number of benzene rings is 2. The van der Waals surface area contributed by atoms with Crippen LogP contribution in [0.3, 0.4) is 0 Å². The Bertz CT molecular complexity index is 921. The summed E-state index contributed by atoms with van der Waals surface area (Å²) in [4.78, 5) is 17.2. The molecule has 0 spiro atoms. The van der Waals surface area contributed by atoms with Crippen LogP contribution in [0.5, 0.6) is 17.2 Å². The quantitative estimate of drug-likeness (QED) is 0.358. The van der Waals surface area contributed by atoms with Gasteiger partial charge in [0.2, 0.25) is 0 Å². The van der Waals surface area contributed by atoms with Crippen LogP contribution in [0.1, 0.15) is 45.1 Å². The highest BCUT2D eigenvalue weighted by atomic mass is 79.9. The second kappa shape index (κ2) is 11.5. The summed E-state index contributed by atoms with van der Waals surface area (Å²) >= 11 is 3.48. The minimum atomic E-state index is -0.0178. The van der Waals surface area contributed by atoms with Gasteiger partial charge in [0.05, 0.1) is 27.4 Å². The molecule has 1 aliphatic rings. The second-order valence-electron chi connectivity index (χ2n) is 8.05. The third-order valence-electron chi connectivity index (χ3n) is 5.83. The summed E-state index contributed by atoms with van der Waals surface area (Å²) in [6, 6.07) is 11.7. The van der Waals surface area contributed by atoms with Gasteiger partial charge >= 0.3 is 6.03 Å². The van der Waals surface area contributed by atoms with Crippen LogP contribution in [0.25, 0.3) is 0 Å². The lowest BCUT2D eigenvalue weighted by molar-refractivity contribution is 0.165. The number of nitrogens with zero attached hydrogens (tertiary/aromatic N) is 2. The van der Waals surface area contributed by atoms with E-state index in [2.05, 4.69) is 29.8 Å². The van der Waals surface area contributed by atoms with Crippen LogP contribution in [-0.4, -0.2) is 44.3 Å². The van der Waals surface area contributed by atoms with E-state index in [4.69, 9.17) is 14.2 Å². The Morgan fingerprint density at radius 1 is 1.03 bits per heavy atom. The first-order chi connectivity index (χ1) is 15.5. The van der Waals surface area contributed by atoms with Gasteiger partial charge < -0.3 is 19.1 Å². The number of amides is 2. The Kier molecular flexibility index (Phi) is 8.67. The van der Waals surface area contributed by atoms with Crippen molar-refractivity contribution in [3.8, 4) is 17.2 Å². The molecule has 0 aromatic heterocycles. The number of rotatable bonds is 10. The van der Waals surface area contributed by atoms with Gasteiger partial charge in [-0.3, -0.25) is 4.90 Å². The smallest absolute Gasteiger partial charge is 0.325 e. The fourth-order valence-electron chi connectivity index (χ4n) is 3.89. The lowest BCUT2D eigenvalue weighted by Gasteiger charge is -2.40. The van der Waals surface area contributed by atoms with E-state index in [1.165, 1.54) is 0 Å². The molecular formula is C25H33BrN2O4. The molecule has 0 saturated carbocycles. The number of anilines is 1. The molecule has 0 unspecified atom stereocenters. The molecule has 2 amide bonds. The topological polar surface area (TPSA) is 51.2 Å². The van der Waals surface area contributed by atoms with Crippen LogP contribution in [0.4, 0.5) is 10.5 Å². The number of unbranched alkanes of at least 4 members (excludes halogenated alkanes) is 2. The van der Waals surface area contributed by atoms with Crippen molar-refractivity contribution in [2.75, 3.05) is 32.3 Å². The number of hydrogen-bond donors (Lipinski definition) is 0. The van der Waals surface area contributed by atoms with Crippen LogP contribution in [0.15, 0.2) is 40.9 Å². The summed E-state index contributed by atoms with van der Waals surface area (Å²) in [6.07, 6.45) is 4.13. The summed E-state index contributed by atoms with van der Waals surface area (Å²) in [5.74, 6) is 2.12. The van der Waals surface area contributed by atoms with Crippen molar-refractivity contribution in [3.63, 3.8) is 0 Å². The van der Waals surface area contributed by atoms with Crippen LogP contribution < -0.4 is 19.1 Å². The highest BCUT2D eigenvalue weighted by molar-refractivity contribution is 9.10. The lowest BCUT2D eigenvalue weighted by Crippen LogP contribution is -2.53. The molecule has 0 radical (unpaired) electrons. The molecule has 0 bridgehead atoms. The summed E-state index contributed by atoms with van der Waals surface area (Å²) in [5.41, 5.74) is 1.80. The average molecular weight is 505 g/mol. The zero-order chi connectivity index (χ0) is 23.1. The first-order valence-electron chi connectivity index (χ1n) is 11.2. The number of carbonyl (C=O) groups is 1.